The van der Waals surface area contributed by atoms with Gasteiger partial charge in [-0.1, -0.05) is 82.2 Å². The molecule has 0 N–H and O–H groups in total. The van der Waals surface area contributed by atoms with E-state index in [1.165, 1.54) is 25.7 Å². The van der Waals surface area contributed by atoms with Gasteiger partial charge in [-0.05, 0) is 50.9 Å². The zero-order chi connectivity index (χ0) is 19.3. The molecule has 0 spiro atoms. The van der Waals surface area contributed by atoms with Crippen molar-refractivity contribution in [1.29, 1.82) is 0 Å². The van der Waals surface area contributed by atoms with Gasteiger partial charge < -0.3 is 4.74 Å². The van der Waals surface area contributed by atoms with E-state index in [2.05, 4.69) is 55.5 Å². The van der Waals surface area contributed by atoms with Crippen LogP contribution in [-0.4, -0.2) is 12.6 Å². The fourth-order valence-electron chi connectivity index (χ4n) is 2.26. The van der Waals surface area contributed by atoms with E-state index >= 15 is 0 Å². The van der Waals surface area contributed by atoms with E-state index in [1.807, 2.05) is 13.8 Å². The van der Waals surface area contributed by atoms with E-state index in [0.717, 1.165) is 32.1 Å². The molecule has 26 heavy (non-hydrogen) atoms. The van der Waals surface area contributed by atoms with E-state index in [1.54, 1.807) is 0 Å². The molecular formula is C24H40O2. The molecule has 0 fully saturated rings. The number of hydrogen-bond donors (Lipinski definition) is 0. The lowest BCUT2D eigenvalue weighted by Gasteiger charge is -2.06. The highest BCUT2D eigenvalue weighted by molar-refractivity contribution is 5.69. The minimum absolute atomic E-state index is 0.0745. The lowest BCUT2D eigenvalue weighted by molar-refractivity contribution is -0.144. The van der Waals surface area contributed by atoms with Crippen LogP contribution in [-0.2, 0) is 9.53 Å². The van der Waals surface area contributed by atoms with Crippen molar-refractivity contribution in [3.63, 3.8) is 0 Å². The van der Waals surface area contributed by atoms with Crippen LogP contribution in [0.4, 0.5) is 0 Å². The maximum Gasteiger partial charge on any atom is 0.305 e. The third kappa shape index (κ3) is 20.5. The minimum atomic E-state index is -0.0745. The second-order valence-corrected chi connectivity index (χ2v) is 7.06. The normalized spacial score (nSPS) is 12.5. The Morgan fingerprint density at radius 2 is 1.27 bits per heavy atom. The summed E-state index contributed by atoms with van der Waals surface area (Å²) in [5, 5.41) is 0. The van der Waals surface area contributed by atoms with Crippen molar-refractivity contribution in [3.05, 3.63) is 48.6 Å². The molecule has 0 atom stereocenters. The zero-order valence-electron chi connectivity index (χ0n) is 17.3. The molecule has 0 aromatic heterocycles. The van der Waals surface area contributed by atoms with Crippen LogP contribution in [0.3, 0.4) is 0 Å². The molecule has 0 radical (unpaired) electrons. The lowest BCUT2D eigenvalue weighted by atomic mass is 10.2. The molecule has 2 heteroatoms. The fourth-order valence-corrected chi connectivity index (χ4v) is 2.26. The van der Waals surface area contributed by atoms with E-state index in [9.17, 15) is 4.79 Å². The zero-order valence-corrected chi connectivity index (χ0v) is 17.3. The van der Waals surface area contributed by atoms with Gasteiger partial charge in [0, 0.05) is 6.42 Å². The monoisotopic (exact) mass is 360 g/mol. The first kappa shape index (κ1) is 24.4. The fraction of sp³-hybridized carbons (Fsp3) is 0.625. The number of carbonyl (C=O) groups excluding carboxylic acids is 1. The summed E-state index contributed by atoms with van der Waals surface area (Å²) in [4.78, 5) is 11.4. The van der Waals surface area contributed by atoms with Gasteiger partial charge in [-0.2, -0.15) is 0 Å². The Bertz CT molecular complexity index is 427. The van der Waals surface area contributed by atoms with Crippen molar-refractivity contribution in [2.45, 2.75) is 85.0 Å². The minimum Gasteiger partial charge on any atom is -0.465 e. The van der Waals surface area contributed by atoms with Crippen molar-refractivity contribution in [1.82, 2.24) is 0 Å². The molecule has 0 aliphatic carbocycles. The van der Waals surface area contributed by atoms with Gasteiger partial charge in [0.1, 0.15) is 0 Å². The Morgan fingerprint density at radius 1 is 0.769 bits per heavy atom. The molecule has 0 aromatic rings. The highest BCUT2D eigenvalue weighted by Gasteiger charge is 2.02. The van der Waals surface area contributed by atoms with Gasteiger partial charge in [0.2, 0.25) is 0 Å². The molecule has 0 amide bonds. The first-order chi connectivity index (χ1) is 12.7. The molecule has 0 heterocycles. The predicted octanol–water partition coefficient (Wildman–Crippen LogP) is 7.33. The largest absolute Gasteiger partial charge is 0.465 e. The summed E-state index contributed by atoms with van der Waals surface area (Å²) in [6, 6.07) is 0. The molecule has 2 nitrogen and oxygen atoms in total. The third-order valence-electron chi connectivity index (χ3n) is 3.79. The Morgan fingerprint density at radius 3 is 1.77 bits per heavy atom. The number of rotatable bonds is 16. The van der Waals surface area contributed by atoms with E-state index in [4.69, 9.17) is 4.74 Å². The first-order valence-corrected chi connectivity index (χ1v) is 10.4. The Balaban J connectivity index is 3.47. The SMILES string of the molecule is CCCCC/C=C\C/C=C\C/C=C\CC=CCCCC(=O)OCC(C)C. The van der Waals surface area contributed by atoms with Crippen molar-refractivity contribution < 1.29 is 9.53 Å². The Labute approximate surface area is 162 Å². The second-order valence-electron chi connectivity index (χ2n) is 7.06. The maximum atomic E-state index is 11.4. The average molecular weight is 361 g/mol. The molecule has 0 bridgehead atoms. The van der Waals surface area contributed by atoms with Gasteiger partial charge in [0.05, 0.1) is 6.61 Å². The molecule has 0 aromatic carbocycles. The smallest absolute Gasteiger partial charge is 0.305 e. The number of carbonyl (C=O) groups is 1. The summed E-state index contributed by atoms with van der Waals surface area (Å²) < 4.78 is 5.15. The number of hydrogen-bond acceptors (Lipinski definition) is 2. The van der Waals surface area contributed by atoms with Gasteiger partial charge in [-0.3, -0.25) is 4.79 Å². The van der Waals surface area contributed by atoms with Gasteiger partial charge in [-0.25, -0.2) is 0 Å². The van der Waals surface area contributed by atoms with E-state index in [0.29, 0.717) is 18.9 Å². The number of allylic oxidation sites excluding steroid dienone is 8. The standard InChI is InChI=1S/C24H40O2/c1-4-5-6-7-8-9-10-11-12-13-14-15-16-17-18-19-20-21-24(25)26-22-23(2)3/h8-9,11-12,14-15,17-18,23H,4-7,10,13,16,19-22H2,1-3H3/b9-8-,12-11-,15-14-,18-17?. The van der Waals surface area contributed by atoms with Crippen LogP contribution in [0.1, 0.15) is 85.0 Å². The van der Waals surface area contributed by atoms with Crippen molar-refractivity contribution in [2.24, 2.45) is 5.92 Å². The topological polar surface area (TPSA) is 26.3 Å². The summed E-state index contributed by atoms with van der Waals surface area (Å²) in [5.41, 5.74) is 0. The number of esters is 1. The van der Waals surface area contributed by atoms with Gasteiger partial charge in [-0.15, -0.1) is 0 Å². The summed E-state index contributed by atoms with van der Waals surface area (Å²) in [6.07, 6.45) is 28.2. The Kier molecular flexibility index (Phi) is 18.6. The van der Waals surface area contributed by atoms with Crippen LogP contribution in [0, 0.1) is 5.92 Å². The summed E-state index contributed by atoms with van der Waals surface area (Å²) in [7, 11) is 0. The lowest BCUT2D eigenvalue weighted by Crippen LogP contribution is -2.09. The first-order valence-electron chi connectivity index (χ1n) is 10.4. The van der Waals surface area contributed by atoms with Crippen molar-refractivity contribution in [3.8, 4) is 0 Å². The van der Waals surface area contributed by atoms with Crippen LogP contribution < -0.4 is 0 Å². The highest BCUT2D eigenvalue weighted by Crippen LogP contribution is 2.03. The summed E-state index contributed by atoms with van der Waals surface area (Å²) >= 11 is 0. The maximum absolute atomic E-state index is 11.4. The molecule has 0 aliphatic rings. The van der Waals surface area contributed by atoms with Crippen LogP contribution >= 0.6 is 0 Å². The summed E-state index contributed by atoms with van der Waals surface area (Å²) in [6.45, 7) is 6.87. The van der Waals surface area contributed by atoms with Crippen molar-refractivity contribution in [2.75, 3.05) is 6.61 Å². The summed E-state index contributed by atoms with van der Waals surface area (Å²) in [5.74, 6) is 0.335. The molecular weight excluding hydrogens is 320 g/mol. The van der Waals surface area contributed by atoms with E-state index < -0.39 is 0 Å². The number of ether oxygens (including phenoxy) is 1. The molecule has 148 valence electrons. The van der Waals surface area contributed by atoms with E-state index in [-0.39, 0.29) is 5.97 Å². The van der Waals surface area contributed by atoms with Gasteiger partial charge >= 0.3 is 5.97 Å². The van der Waals surface area contributed by atoms with Gasteiger partial charge in [0.25, 0.3) is 0 Å². The highest BCUT2D eigenvalue weighted by atomic mass is 16.5. The molecule has 0 saturated carbocycles. The van der Waals surface area contributed by atoms with Crippen LogP contribution in [0.15, 0.2) is 48.6 Å². The molecule has 0 rings (SSSR count). The van der Waals surface area contributed by atoms with Crippen molar-refractivity contribution >= 4 is 5.97 Å². The van der Waals surface area contributed by atoms with Crippen LogP contribution in [0.5, 0.6) is 0 Å². The molecule has 0 unspecified atom stereocenters. The van der Waals surface area contributed by atoms with Crippen LogP contribution in [0.2, 0.25) is 0 Å². The van der Waals surface area contributed by atoms with Gasteiger partial charge in [0.15, 0.2) is 0 Å². The molecule has 0 aliphatic heterocycles. The second kappa shape index (κ2) is 19.8. The quantitative estimate of drug-likeness (QED) is 0.164. The molecule has 0 saturated heterocycles. The number of unbranched alkanes of at least 4 members (excludes halogenated alkanes) is 4. The third-order valence-corrected chi connectivity index (χ3v) is 3.79. The van der Waals surface area contributed by atoms with Crippen LogP contribution in [0.25, 0.3) is 0 Å². The predicted molar refractivity (Wildman–Crippen MR) is 114 cm³/mol. The Hall–Kier alpha value is -1.57. The average Bonchev–Trinajstić information content (AvgIpc) is 2.62.